The zero-order chi connectivity index (χ0) is 14.7. The summed E-state index contributed by atoms with van der Waals surface area (Å²) in [5.74, 6) is -0.314. The van der Waals surface area contributed by atoms with Crippen molar-refractivity contribution in [3.8, 4) is 0 Å². The van der Waals surface area contributed by atoms with E-state index in [0.717, 1.165) is 5.56 Å². The Bertz CT molecular complexity index is 646. The molecule has 104 valence electrons. The molecule has 0 saturated carbocycles. The Morgan fingerprint density at radius 1 is 1.20 bits per heavy atom. The molecule has 0 fully saturated rings. The lowest BCUT2D eigenvalue weighted by Gasteiger charge is -2.15. The number of hydrogen-bond donors (Lipinski definition) is 1. The Balaban J connectivity index is 2.15. The van der Waals surface area contributed by atoms with Gasteiger partial charge in [0.15, 0.2) is 0 Å². The Morgan fingerprint density at radius 3 is 2.60 bits per heavy atom. The first-order valence-corrected chi connectivity index (χ1v) is 6.99. The van der Waals surface area contributed by atoms with Gasteiger partial charge in [-0.3, -0.25) is 4.79 Å². The smallest absolute Gasteiger partial charge is 0.270 e. The van der Waals surface area contributed by atoms with Crippen LogP contribution in [0, 0.1) is 0 Å². The third-order valence-corrected chi connectivity index (χ3v) is 3.50. The molecule has 0 aliphatic carbocycles. The van der Waals surface area contributed by atoms with E-state index >= 15 is 0 Å². The lowest BCUT2D eigenvalue weighted by Crippen LogP contribution is -2.27. The van der Waals surface area contributed by atoms with Crippen molar-refractivity contribution < 1.29 is 4.79 Å². The highest BCUT2D eigenvalue weighted by atomic mass is 35.5. The Morgan fingerprint density at radius 2 is 1.95 bits per heavy atom. The van der Waals surface area contributed by atoms with Crippen molar-refractivity contribution in [1.82, 2.24) is 10.3 Å². The fraction of sp³-hybridized carbons (Fsp3) is 0.143. The van der Waals surface area contributed by atoms with Crippen molar-refractivity contribution in [3.63, 3.8) is 0 Å². The summed E-state index contributed by atoms with van der Waals surface area (Å²) in [6.07, 6.45) is 0. The fourth-order valence-electron chi connectivity index (χ4n) is 1.74. The summed E-state index contributed by atoms with van der Waals surface area (Å²) in [6, 6.07) is 9.75. The summed E-state index contributed by atoms with van der Waals surface area (Å²) in [4.78, 5) is 16.0. The lowest BCUT2D eigenvalue weighted by molar-refractivity contribution is 0.0935. The molecule has 0 saturated heterocycles. The van der Waals surface area contributed by atoms with Crippen LogP contribution < -0.4 is 5.32 Å². The van der Waals surface area contributed by atoms with E-state index in [2.05, 4.69) is 10.3 Å². The zero-order valence-electron chi connectivity index (χ0n) is 10.5. The topological polar surface area (TPSA) is 42.0 Å². The fourth-order valence-corrected chi connectivity index (χ4v) is 2.47. The first-order valence-electron chi connectivity index (χ1n) is 5.86. The molecule has 0 spiro atoms. The van der Waals surface area contributed by atoms with E-state index in [0.29, 0.717) is 10.0 Å². The summed E-state index contributed by atoms with van der Waals surface area (Å²) < 4.78 is 0. The van der Waals surface area contributed by atoms with Crippen molar-refractivity contribution in [3.05, 3.63) is 62.9 Å². The molecule has 20 heavy (non-hydrogen) atoms. The van der Waals surface area contributed by atoms with Crippen LogP contribution in [0.5, 0.6) is 0 Å². The van der Waals surface area contributed by atoms with Crippen LogP contribution in [0.25, 0.3) is 0 Å². The molecule has 2 aromatic rings. The van der Waals surface area contributed by atoms with Crippen molar-refractivity contribution in [2.24, 2.45) is 0 Å². The average Bonchev–Trinajstić information content (AvgIpc) is 2.38. The van der Waals surface area contributed by atoms with Crippen LogP contribution >= 0.6 is 34.8 Å². The van der Waals surface area contributed by atoms with Gasteiger partial charge in [0.05, 0.1) is 6.04 Å². The van der Waals surface area contributed by atoms with Gasteiger partial charge in [-0.1, -0.05) is 46.9 Å². The number of carbonyl (C=O) groups excluding carboxylic acids is 1. The second-order valence-electron chi connectivity index (χ2n) is 4.21. The molecule has 1 atom stereocenters. The maximum atomic E-state index is 12.1. The van der Waals surface area contributed by atoms with Crippen LogP contribution in [0.3, 0.4) is 0 Å². The summed E-state index contributed by atoms with van der Waals surface area (Å²) in [7, 11) is 0. The van der Waals surface area contributed by atoms with E-state index in [9.17, 15) is 4.79 Å². The Hall–Kier alpha value is -1.29. The van der Waals surface area contributed by atoms with Gasteiger partial charge in [-0.2, -0.15) is 0 Å². The van der Waals surface area contributed by atoms with E-state index in [-0.39, 0.29) is 22.8 Å². The number of rotatable bonds is 3. The number of aromatic nitrogens is 1. The van der Waals surface area contributed by atoms with E-state index in [1.807, 2.05) is 6.92 Å². The van der Waals surface area contributed by atoms with E-state index < -0.39 is 0 Å². The molecule has 0 aliphatic heterocycles. The number of benzene rings is 1. The van der Waals surface area contributed by atoms with Crippen LogP contribution in [0.4, 0.5) is 0 Å². The molecule has 1 aromatic heterocycles. The predicted molar refractivity (Wildman–Crippen MR) is 81.6 cm³/mol. The van der Waals surface area contributed by atoms with E-state index in [1.54, 1.807) is 36.4 Å². The van der Waals surface area contributed by atoms with Gasteiger partial charge >= 0.3 is 0 Å². The Labute approximate surface area is 131 Å². The molecule has 1 unspecified atom stereocenters. The molecule has 1 N–H and O–H groups in total. The molecular formula is C14H11Cl3N2O. The number of hydrogen-bond acceptors (Lipinski definition) is 2. The minimum atomic E-state index is -0.314. The number of pyridine rings is 1. The first kappa shape index (κ1) is 15.1. The molecule has 0 bridgehead atoms. The summed E-state index contributed by atoms with van der Waals surface area (Å²) in [6.45, 7) is 1.83. The van der Waals surface area contributed by atoms with Crippen LogP contribution in [-0.4, -0.2) is 10.9 Å². The van der Waals surface area contributed by atoms with Crippen LogP contribution in [0.2, 0.25) is 15.2 Å². The SMILES string of the molecule is CC(NC(=O)c1cccc(Cl)n1)c1ccc(Cl)cc1Cl. The highest BCUT2D eigenvalue weighted by Crippen LogP contribution is 2.26. The van der Waals surface area contributed by atoms with Crippen molar-refractivity contribution in [2.75, 3.05) is 0 Å². The normalized spacial score (nSPS) is 12.0. The van der Waals surface area contributed by atoms with Gasteiger partial charge in [0.1, 0.15) is 10.8 Å². The summed E-state index contributed by atoms with van der Waals surface area (Å²) in [5.41, 5.74) is 1.04. The second kappa shape index (κ2) is 6.44. The van der Waals surface area contributed by atoms with Gasteiger partial charge in [-0.05, 0) is 36.8 Å². The monoisotopic (exact) mass is 328 g/mol. The van der Waals surface area contributed by atoms with Gasteiger partial charge in [0, 0.05) is 10.0 Å². The number of amides is 1. The second-order valence-corrected chi connectivity index (χ2v) is 5.44. The van der Waals surface area contributed by atoms with Gasteiger partial charge < -0.3 is 5.32 Å². The van der Waals surface area contributed by atoms with Crippen LogP contribution in [0.1, 0.15) is 29.0 Å². The van der Waals surface area contributed by atoms with Crippen molar-refractivity contribution in [2.45, 2.75) is 13.0 Å². The highest BCUT2D eigenvalue weighted by molar-refractivity contribution is 6.35. The van der Waals surface area contributed by atoms with Gasteiger partial charge in [0.2, 0.25) is 0 Å². The molecule has 0 radical (unpaired) electrons. The molecule has 3 nitrogen and oxygen atoms in total. The molecule has 2 rings (SSSR count). The van der Waals surface area contributed by atoms with Crippen LogP contribution in [0.15, 0.2) is 36.4 Å². The largest absolute Gasteiger partial charge is 0.344 e. The summed E-state index contributed by atoms with van der Waals surface area (Å²) >= 11 is 17.7. The standard InChI is InChI=1S/C14H11Cl3N2O/c1-8(10-6-5-9(15)7-11(10)16)18-14(20)12-3-2-4-13(17)19-12/h2-8H,1H3,(H,18,20). The minimum absolute atomic E-state index is 0.259. The van der Waals surface area contributed by atoms with E-state index in [1.165, 1.54) is 0 Å². The van der Waals surface area contributed by atoms with Crippen molar-refractivity contribution in [1.29, 1.82) is 0 Å². The predicted octanol–water partition coefficient (Wildman–Crippen LogP) is 4.53. The first-order chi connectivity index (χ1) is 9.47. The zero-order valence-corrected chi connectivity index (χ0v) is 12.8. The van der Waals surface area contributed by atoms with Gasteiger partial charge in [-0.25, -0.2) is 4.98 Å². The quantitative estimate of drug-likeness (QED) is 0.840. The molecule has 1 aromatic carbocycles. The number of nitrogens with one attached hydrogen (secondary N) is 1. The van der Waals surface area contributed by atoms with Gasteiger partial charge in [-0.15, -0.1) is 0 Å². The number of nitrogens with zero attached hydrogens (tertiary/aromatic N) is 1. The third kappa shape index (κ3) is 3.63. The number of carbonyl (C=O) groups is 1. The minimum Gasteiger partial charge on any atom is -0.344 e. The highest BCUT2D eigenvalue weighted by Gasteiger charge is 2.15. The maximum Gasteiger partial charge on any atom is 0.270 e. The lowest BCUT2D eigenvalue weighted by atomic mass is 10.1. The molecule has 0 aliphatic rings. The molecule has 1 heterocycles. The average molecular weight is 330 g/mol. The maximum absolute atomic E-state index is 12.1. The number of halogens is 3. The van der Waals surface area contributed by atoms with E-state index in [4.69, 9.17) is 34.8 Å². The van der Waals surface area contributed by atoms with Crippen LogP contribution in [-0.2, 0) is 0 Å². The molecule has 1 amide bonds. The Kier molecular flexibility index (Phi) is 4.86. The third-order valence-electron chi connectivity index (χ3n) is 2.72. The molecule has 6 heteroatoms. The van der Waals surface area contributed by atoms with Gasteiger partial charge in [0.25, 0.3) is 5.91 Å². The molecular weight excluding hydrogens is 319 g/mol. The van der Waals surface area contributed by atoms with Crippen molar-refractivity contribution >= 4 is 40.7 Å². The summed E-state index contributed by atoms with van der Waals surface area (Å²) in [5, 5.41) is 4.14.